The Labute approximate surface area is 155 Å². The van der Waals surface area contributed by atoms with Gasteiger partial charge in [-0.3, -0.25) is 4.98 Å². The van der Waals surface area contributed by atoms with Crippen molar-refractivity contribution in [1.29, 1.82) is 5.26 Å². The first-order valence-corrected chi connectivity index (χ1v) is 8.77. The number of para-hydroxylation sites is 3. The number of nitrogens with one attached hydrogen (secondary N) is 1. The number of halogens is 1. The van der Waals surface area contributed by atoms with Crippen LogP contribution in [0.5, 0.6) is 0 Å². The van der Waals surface area contributed by atoms with Crippen LogP contribution in [-0.2, 0) is 6.54 Å². The zero-order chi connectivity index (χ0) is 17.9. The van der Waals surface area contributed by atoms with E-state index in [2.05, 4.69) is 32.0 Å². The quantitative estimate of drug-likeness (QED) is 0.527. The third-order valence-corrected chi connectivity index (χ3v) is 4.68. The van der Waals surface area contributed by atoms with Gasteiger partial charge < -0.3 is 9.88 Å². The fourth-order valence-electron chi connectivity index (χ4n) is 3.11. The van der Waals surface area contributed by atoms with Crippen molar-refractivity contribution in [3.8, 4) is 6.07 Å². The Morgan fingerprint density at radius 3 is 2.88 bits per heavy atom. The Hall–Kier alpha value is -3.10. The van der Waals surface area contributed by atoms with Gasteiger partial charge in [0.2, 0.25) is 0 Å². The van der Waals surface area contributed by atoms with E-state index in [-0.39, 0.29) is 0 Å². The molecule has 0 aliphatic carbocycles. The molecular weight excluding hydrogens is 346 g/mol. The molecule has 4 rings (SSSR count). The van der Waals surface area contributed by atoms with Crippen molar-refractivity contribution in [3.05, 3.63) is 65.6 Å². The molecule has 0 unspecified atom stereocenters. The van der Waals surface area contributed by atoms with Gasteiger partial charge in [-0.2, -0.15) is 5.26 Å². The fourth-order valence-corrected chi connectivity index (χ4v) is 3.34. The van der Waals surface area contributed by atoms with Gasteiger partial charge in [-0.15, -0.1) is 0 Å². The van der Waals surface area contributed by atoms with Gasteiger partial charge in [0.15, 0.2) is 0 Å². The van der Waals surface area contributed by atoms with Gasteiger partial charge in [-0.05, 0) is 24.6 Å². The molecular formula is C20H16ClN5. The van der Waals surface area contributed by atoms with E-state index in [9.17, 15) is 5.26 Å². The average molecular weight is 362 g/mol. The first-order valence-electron chi connectivity index (χ1n) is 8.39. The van der Waals surface area contributed by atoms with E-state index in [1.165, 1.54) is 0 Å². The molecule has 2 heterocycles. The number of nitriles is 1. The molecule has 0 radical (unpaired) electrons. The van der Waals surface area contributed by atoms with Crippen LogP contribution in [0.1, 0.15) is 12.0 Å². The summed E-state index contributed by atoms with van der Waals surface area (Å²) >= 11 is 6.23. The number of aromatic nitrogens is 3. The van der Waals surface area contributed by atoms with Gasteiger partial charge >= 0.3 is 0 Å². The SMILES string of the molecule is N#Cc1cnc2c(Cl)cccc2c1NCCCn1cnc2ccccc21. The minimum atomic E-state index is 0.521. The average Bonchev–Trinajstić information content (AvgIpc) is 3.08. The number of imidazole rings is 1. The monoisotopic (exact) mass is 361 g/mol. The van der Waals surface area contributed by atoms with Crippen molar-refractivity contribution in [3.63, 3.8) is 0 Å². The van der Waals surface area contributed by atoms with E-state index < -0.39 is 0 Å². The zero-order valence-electron chi connectivity index (χ0n) is 14.0. The highest BCUT2D eigenvalue weighted by Crippen LogP contribution is 2.29. The van der Waals surface area contributed by atoms with Crippen LogP contribution >= 0.6 is 11.6 Å². The number of hydrogen-bond donors (Lipinski definition) is 1. The van der Waals surface area contributed by atoms with Crippen LogP contribution in [0.15, 0.2) is 55.0 Å². The summed E-state index contributed by atoms with van der Waals surface area (Å²) in [6, 6.07) is 15.9. The Bertz CT molecular complexity index is 1130. The summed E-state index contributed by atoms with van der Waals surface area (Å²) in [4.78, 5) is 8.72. The van der Waals surface area contributed by atoms with Crippen LogP contribution in [0.3, 0.4) is 0 Å². The first-order chi connectivity index (χ1) is 12.8. The highest BCUT2D eigenvalue weighted by Gasteiger charge is 2.10. The molecule has 6 heteroatoms. The normalized spacial score (nSPS) is 10.9. The van der Waals surface area contributed by atoms with E-state index in [0.717, 1.165) is 41.6 Å². The van der Waals surface area contributed by atoms with Crippen molar-refractivity contribution in [2.75, 3.05) is 11.9 Å². The second-order valence-electron chi connectivity index (χ2n) is 6.00. The first kappa shape index (κ1) is 16.4. The summed E-state index contributed by atoms with van der Waals surface area (Å²) in [6.07, 6.45) is 4.34. The Morgan fingerprint density at radius 2 is 2.00 bits per heavy atom. The molecule has 128 valence electrons. The maximum atomic E-state index is 9.40. The predicted molar refractivity (Wildman–Crippen MR) is 104 cm³/mol. The zero-order valence-corrected chi connectivity index (χ0v) is 14.7. The number of rotatable bonds is 5. The topological polar surface area (TPSA) is 66.5 Å². The van der Waals surface area contributed by atoms with Gasteiger partial charge in [-0.1, -0.05) is 35.9 Å². The molecule has 1 N–H and O–H groups in total. The summed E-state index contributed by atoms with van der Waals surface area (Å²) in [5.74, 6) is 0. The van der Waals surface area contributed by atoms with Crippen LogP contribution in [0.4, 0.5) is 5.69 Å². The third-order valence-electron chi connectivity index (χ3n) is 4.37. The van der Waals surface area contributed by atoms with Crippen molar-refractivity contribution in [2.24, 2.45) is 0 Å². The molecule has 0 spiro atoms. The molecule has 5 nitrogen and oxygen atoms in total. The third kappa shape index (κ3) is 2.96. The van der Waals surface area contributed by atoms with Crippen molar-refractivity contribution < 1.29 is 0 Å². The maximum absolute atomic E-state index is 9.40. The van der Waals surface area contributed by atoms with E-state index in [1.807, 2.05) is 36.7 Å². The Morgan fingerprint density at radius 1 is 1.12 bits per heavy atom. The van der Waals surface area contributed by atoms with Crippen molar-refractivity contribution in [1.82, 2.24) is 14.5 Å². The summed E-state index contributed by atoms with van der Waals surface area (Å²) in [5.41, 5.74) is 4.15. The number of anilines is 1. The lowest BCUT2D eigenvalue weighted by Crippen LogP contribution is -2.08. The molecule has 0 aliphatic heterocycles. The van der Waals surface area contributed by atoms with Gasteiger partial charge in [0.05, 0.1) is 39.2 Å². The lowest BCUT2D eigenvalue weighted by Gasteiger charge is -2.12. The molecule has 0 fully saturated rings. The molecule has 2 aromatic carbocycles. The van der Waals surface area contributed by atoms with Gasteiger partial charge in [-0.25, -0.2) is 4.98 Å². The minimum Gasteiger partial charge on any atom is -0.383 e. The molecule has 4 aromatic rings. The van der Waals surface area contributed by atoms with E-state index in [4.69, 9.17) is 11.6 Å². The Balaban J connectivity index is 1.51. The van der Waals surface area contributed by atoms with Gasteiger partial charge in [0, 0.05) is 24.7 Å². The lowest BCUT2D eigenvalue weighted by molar-refractivity contribution is 0.677. The van der Waals surface area contributed by atoms with Crippen LogP contribution in [-0.4, -0.2) is 21.1 Å². The number of benzene rings is 2. The van der Waals surface area contributed by atoms with Gasteiger partial charge in [0.1, 0.15) is 6.07 Å². The number of fused-ring (bicyclic) bond motifs is 2. The molecule has 0 atom stereocenters. The summed E-state index contributed by atoms with van der Waals surface area (Å²) in [6.45, 7) is 1.58. The van der Waals surface area contributed by atoms with Crippen molar-refractivity contribution >= 4 is 39.2 Å². The molecule has 26 heavy (non-hydrogen) atoms. The molecule has 0 aliphatic rings. The Kier molecular flexibility index (Phi) is 4.42. The van der Waals surface area contributed by atoms with Crippen LogP contribution in [0, 0.1) is 11.3 Å². The van der Waals surface area contributed by atoms with E-state index in [0.29, 0.717) is 16.1 Å². The van der Waals surface area contributed by atoms with E-state index >= 15 is 0 Å². The number of aryl methyl sites for hydroxylation is 1. The molecule has 0 saturated carbocycles. The highest BCUT2D eigenvalue weighted by molar-refractivity contribution is 6.35. The predicted octanol–water partition coefficient (Wildman–Crippen LogP) is 4.61. The largest absolute Gasteiger partial charge is 0.383 e. The van der Waals surface area contributed by atoms with Crippen LogP contribution < -0.4 is 5.32 Å². The summed E-state index contributed by atoms with van der Waals surface area (Å²) < 4.78 is 2.14. The van der Waals surface area contributed by atoms with Gasteiger partial charge in [0.25, 0.3) is 0 Å². The summed E-state index contributed by atoms with van der Waals surface area (Å²) in [7, 11) is 0. The standard InChI is InChI=1S/C20H16ClN5/c21-16-6-3-5-15-19(14(11-22)12-24-20(15)16)23-9-4-10-26-13-25-17-7-1-2-8-18(17)26/h1-3,5-8,12-13H,4,9-10H2,(H,23,24). The van der Waals surface area contributed by atoms with Crippen LogP contribution in [0.2, 0.25) is 5.02 Å². The molecule has 2 aromatic heterocycles. The van der Waals surface area contributed by atoms with Crippen LogP contribution in [0.25, 0.3) is 21.9 Å². The second kappa shape index (κ2) is 7.03. The number of pyridine rings is 1. The molecule has 0 amide bonds. The second-order valence-corrected chi connectivity index (χ2v) is 6.41. The van der Waals surface area contributed by atoms with E-state index in [1.54, 1.807) is 12.3 Å². The minimum absolute atomic E-state index is 0.521. The maximum Gasteiger partial charge on any atom is 0.103 e. The fraction of sp³-hybridized carbons (Fsp3) is 0.150. The smallest absolute Gasteiger partial charge is 0.103 e. The summed E-state index contributed by atoms with van der Waals surface area (Å²) in [5, 5.41) is 14.2. The van der Waals surface area contributed by atoms with Crippen molar-refractivity contribution in [2.45, 2.75) is 13.0 Å². The lowest BCUT2D eigenvalue weighted by atomic mass is 10.1. The number of nitrogens with zero attached hydrogens (tertiary/aromatic N) is 4. The highest BCUT2D eigenvalue weighted by atomic mass is 35.5. The number of hydrogen-bond acceptors (Lipinski definition) is 4. The molecule has 0 saturated heterocycles. The molecule has 0 bridgehead atoms.